The van der Waals surface area contributed by atoms with Crippen molar-refractivity contribution in [2.45, 2.75) is 63.5 Å². The van der Waals surface area contributed by atoms with Gasteiger partial charge in [-0.05, 0) is 31.4 Å². The molecule has 3 amide bonds. The Labute approximate surface area is 157 Å². The minimum atomic E-state index is -1.54. The molecule has 0 bridgehead atoms. The summed E-state index contributed by atoms with van der Waals surface area (Å²) in [7, 11) is 0. The summed E-state index contributed by atoms with van der Waals surface area (Å²) in [5.74, 6) is -3.11. The zero-order valence-corrected chi connectivity index (χ0v) is 15.1. The van der Waals surface area contributed by atoms with Gasteiger partial charge in [0.05, 0.1) is 23.1 Å². The van der Waals surface area contributed by atoms with Crippen molar-refractivity contribution in [1.82, 2.24) is 10.2 Å². The first-order valence-corrected chi connectivity index (χ1v) is 9.46. The molecule has 1 aromatic rings. The van der Waals surface area contributed by atoms with Gasteiger partial charge in [-0.15, -0.1) is 0 Å². The second-order valence-electron chi connectivity index (χ2n) is 7.16. The van der Waals surface area contributed by atoms with Gasteiger partial charge in [0.25, 0.3) is 11.8 Å². The molecule has 1 fully saturated rings. The lowest BCUT2D eigenvalue weighted by atomic mass is 10.1. The first-order valence-electron chi connectivity index (χ1n) is 9.46. The molecule has 2 aliphatic rings. The van der Waals surface area contributed by atoms with Crippen LogP contribution in [0.25, 0.3) is 0 Å². The highest BCUT2D eigenvalue weighted by Crippen LogP contribution is 2.26. The number of benzene rings is 1. The number of nitrogens with zero attached hydrogens (tertiary/aromatic N) is 1. The number of rotatable bonds is 6. The smallest absolute Gasteiger partial charge is 0.262 e. The van der Waals surface area contributed by atoms with E-state index in [9.17, 15) is 24.3 Å². The van der Waals surface area contributed by atoms with Gasteiger partial charge in [-0.1, -0.05) is 37.8 Å². The standard InChI is InChI=1S/C20H24N2O5/c23-17(21-13-7-3-1-2-4-8-13)12-11-16(20(26)27)22-18(24)14-9-5-6-10-15(14)19(22)25/h5-6,9-10,13,16H,1-4,7-8,11-12H2,(H,21,23)(H,26,27)/p-1/t16-/m0/s1. The Morgan fingerprint density at radius 1 is 1.04 bits per heavy atom. The second kappa shape index (κ2) is 8.33. The Bertz CT molecular complexity index is 717. The molecule has 0 spiro atoms. The first kappa shape index (κ1) is 19.1. The van der Waals surface area contributed by atoms with Crippen molar-refractivity contribution in [3.05, 3.63) is 35.4 Å². The number of fused-ring (bicyclic) bond motifs is 1. The lowest BCUT2D eigenvalue weighted by molar-refractivity contribution is -0.310. The van der Waals surface area contributed by atoms with Crippen LogP contribution in [-0.2, 0) is 9.59 Å². The maximum absolute atomic E-state index is 12.5. The molecule has 1 heterocycles. The number of imide groups is 1. The van der Waals surface area contributed by atoms with E-state index in [-0.39, 0.29) is 35.9 Å². The Morgan fingerprint density at radius 3 is 2.11 bits per heavy atom. The van der Waals surface area contributed by atoms with Gasteiger partial charge in [-0.25, -0.2) is 0 Å². The number of hydrogen-bond acceptors (Lipinski definition) is 5. The summed E-state index contributed by atoms with van der Waals surface area (Å²) in [6.45, 7) is 0. The lowest BCUT2D eigenvalue weighted by Crippen LogP contribution is -2.51. The lowest BCUT2D eigenvalue weighted by Gasteiger charge is -2.27. The number of carbonyl (C=O) groups excluding carboxylic acids is 4. The number of aliphatic carboxylic acids is 1. The van der Waals surface area contributed by atoms with Gasteiger partial charge in [-0.3, -0.25) is 19.3 Å². The summed E-state index contributed by atoms with van der Waals surface area (Å²) in [4.78, 5) is 49.5. The Morgan fingerprint density at radius 2 is 1.59 bits per heavy atom. The second-order valence-corrected chi connectivity index (χ2v) is 7.16. The van der Waals surface area contributed by atoms with Crippen LogP contribution in [0.15, 0.2) is 24.3 Å². The molecule has 0 saturated heterocycles. The van der Waals surface area contributed by atoms with Crippen LogP contribution in [-0.4, -0.2) is 40.7 Å². The number of carbonyl (C=O) groups is 4. The number of carboxylic acids is 1. The van der Waals surface area contributed by atoms with Crippen LogP contribution < -0.4 is 10.4 Å². The van der Waals surface area contributed by atoms with E-state index in [1.165, 1.54) is 25.0 Å². The molecule has 0 radical (unpaired) electrons. The van der Waals surface area contributed by atoms with Crippen molar-refractivity contribution in [3.63, 3.8) is 0 Å². The van der Waals surface area contributed by atoms with Crippen molar-refractivity contribution in [2.24, 2.45) is 0 Å². The van der Waals surface area contributed by atoms with Gasteiger partial charge in [0.1, 0.15) is 0 Å². The molecular formula is C20H23N2O5-. The SMILES string of the molecule is O=C(CC[C@@H](C(=O)[O-])N1C(=O)c2ccccc2C1=O)NC1CCCCCC1. The highest BCUT2D eigenvalue weighted by molar-refractivity contribution is 6.22. The molecule has 1 saturated carbocycles. The molecule has 1 atom stereocenters. The van der Waals surface area contributed by atoms with Crippen LogP contribution in [0.5, 0.6) is 0 Å². The fourth-order valence-corrected chi connectivity index (χ4v) is 3.83. The molecule has 1 aliphatic heterocycles. The minimum Gasteiger partial charge on any atom is -0.548 e. The molecule has 1 aliphatic carbocycles. The van der Waals surface area contributed by atoms with Gasteiger partial charge in [0.2, 0.25) is 5.91 Å². The number of hydrogen-bond donors (Lipinski definition) is 1. The van der Waals surface area contributed by atoms with Crippen molar-refractivity contribution < 1.29 is 24.3 Å². The highest BCUT2D eigenvalue weighted by Gasteiger charge is 2.40. The van der Waals surface area contributed by atoms with Crippen LogP contribution in [0, 0.1) is 0 Å². The van der Waals surface area contributed by atoms with Crippen LogP contribution in [0.4, 0.5) is 0 Å². The van der Waals surface area contributed by atoms with Crippen molar-refractivity contribution in [2.75, 3.05) is 0 Å². The molecule has 27 heavy (non-hydrogen) atoms. The van der Waals surface area contributed by atoms with E-state index in [1.807, 2.05) is 0 Å². The van der Waals surface area contributed by atoms with E-state index >= 15 is 0 Å². The van der Waals surface area contributed by atoms with E-state index in [1.54, 1.807) is 12.1 Å². The number of nitrogens with one attached hydrogen (secondary N) is 1. The van der Waals surface area contributed by atoms with Crippen LogP contribution in [0.1, 0.15) is 72.1 Å². The molecule has 1 N–H and O–H groups in total. The Balaban J connectivity index is 1.63. The van der Waals surface area contributed by atoms with Crippen LogP contribution in [0.2, 0.25) is 0 Å². The van der Waals surface area contributed by atoms with Gasteiger partial charge in [-0.2, -0.15) is 0 Å². The summed E-state index contributed by atoms with van der Waals surface area (Å²) < 4.78 is 0. The zero-order chi connectivity index (χ0) is 19.4. The molecule has 7 heteroatoms. The average molecular weight is 371 g/mol. The van der Waals surface area contributed by atoms with Crippen LogP contribution >= 0.6 is 0 Å². The fraction of sp³-hybridized carbons (Fsp3) is 0.500. The predicted octanol–water partition coefficient (Wildman–Crippen LogP) is 1.02. The van der Waals surface area contributed by atoms with E-state index < -0.39 is 23.8 Å². The maximum Gasteiger partial charge on any atom is 0.262 e. The summed E-state index contributed by atoms with van der Waals surface area (Å²) in [5.41, 5.74) is 0.355. The predicted molar refractivity (Wildman–Crippen MR) is 94.6 cm³/mol. The third-order valence-corrected chi connectivity index (χ3v) is 5.27. The van der Waals surface area contributed by atoms with E-state index in [0.29, 0.717) is 4.90 Å². The minimum absolute atomic E-state index is 0.0808. The molecule has 0 unspecified atom stereocenters. The molecular weight excluding hydrogens is 348 g/mol. The summed E-state index contributed by atoms with van der Waals surface area (Å²) in [6.07, 6.45) is 6.08. The van der Waals surface area contributed by atoms with Gasteiger partial charge < -0.3 is 15.2 Å². The quantitative estimate of drug-likeness (QED) is 0.593. The largest absolute Gasteiger partial charge is 0.548 e. The molecule has 1 aromatic carbocycles. The molecule has 144 valence electrons. The molecule has 3 rings (SSSR count). The Hall–Kier alpha value is -2.70. The Kier molecular flexibility index (Phi) is 5.88. The average Bonchev–Trinajstić information content (AvgIpc) is 2.82. The van der Waals surface area contributed by atoms with Crippen molar-refractivity contribution >= 4 is 23.7 Å². The van der Waals surface area contributed by atoms with E-state index in [0.717, 1.165) is 25.7 Å². The summed E-state index contributed by atoms with van der Waals surface area (Å²) in [5, 5.41) is 14.5. The van der Waals surface area contributed by atoms with Crippen LogP contribution in [0.3, 0.4) is 0 Å². The van der Waals surface area contributed by atoms with Gasteiger partial charge in [0, 0.05) is 12.5 Å². The van der Waals surface area contributed by atoms with Gasteiger partial charge in [0.15, 0.2) is 0 Å². The topological polar surface area (TPSA) is 107 Å². The number of amides is 3. The van der Waals surface area contributed by atoms with Crippen molar-refractivity contribution in [1.29, 1.82) is 0 Å². The van der Waals surface area contributed by atoms with E-state index in [4.69, 9.17) is 0 Å². The van der Waals surface area contributed by atoms with Crippen molar-refractivity contribution in [3.8, 4) is 0 Å². The normalized spacial score (nSPS) is 18.7. The molecule has 7 nitrogen and oxygen atoms in total. The summed E-state index contributed by atoms with van der Waals surface area (Å²) >= 11 is 0. The first-order chi connectivity index (χ1) is 13.0. The van der Waals surface area contributed by atoms with Gasteiger partial charge >= 0.3 is 0 Å². The zero-order valence-electron chi connectivity index (χ0n) is 15.1. The van der Waals surface area contributed by atoms with E-state index in [2.05, 4.69) is 5.32 Å². The highest BCUT2D eigenvalue weighted by atomic mass is 16.4. The maximum atomic E-state index is 12.5. The summed E-state index contributed by atoms with van der Waals surface area (Å²) in [6, 6.07) is 4.85. The number of carboxylic acid groups (broad SMARTS) is 1. The molecule has 0 aromatic heterocycles. The monoisotopic (exact) mass is 371 g/mol. The third-order valence-electron chi connectivity index (χ3n) is 5.27. The third kappa shape index (κ3) is 4.18. The fourth-order valence-electron chi connectivity index (χ4n) is 3.83.